The molecule has 0 saturated carbocycles. The Bertz CT molecular complexity index is 882. The predicted octanol–water partition coefficient (Wildman–Crippen LogP) is 5.27. The molecule has 4 rings (SSSR count). The lowest BCUT2D eigenvalue weighted by molar-refractivity contribution is 0.151. The van der Waals surface area contributed by atoms with Crippen LogP contribution in [0, 0.1) is 5.92 Å². The largest absolute Gasteiger partial charge is 0.508 e. The van der Waals surface area contributed by atoms with Crippen LogP contribution in [0.5, 0.6) is 11.5 Å². The molecule has 1 N–H and O–H groups in total. The fourth-order valence-electron chi connectivity index (χ4n) is 4.10. The van der Waals surface area contributed by atoms with Gasteiger partial charge in [-0.25, -0.2) is 0 Å². The number of nitrogens with zero attached hydrogens (tertiary/aromatic N) is 1. The molecule has 0 bridgehead atoms. The van der Waals surface area contributed by atoms with Crippen molar-refractivity contribution in [1.82, 2.24) is 4.90 Å². The summed E-state index contributed by atoms with van der Waals surface area (Å²) in [5.41, 5.74) is 1.46. The summed E-state index contributed by atoms with van der Waals surface area (Å²) in [5.74, 6) is 1.93. The maximum absolute atomic E-state index is 9.31. The van der Waals surface area contributed by atoms with Crippen molar-refractivity contribution >= 4 is 10.8 Å². The third-order valence-corrected chi connectivity index (χ3v) is 5.88. The van der Waals surface area contributed by atoms with E-state index in [1.165, 1.54) is 55.1 Å². The monoisotopic (exact) mass is 375 g/mol. The molecule has 0 amide bonds. The minimum atomic E-state index is 0.276. The molecule has 0 spiro atoms. The van der Waals surface area contributed by atoms with Gasteiger partial charge in [0.15, 0.2) is 0 Å². The lowest BCUT2D eigenvalue weighted by Crippen LogP contribution is -2.36. The number of piperidine rings is 1. The number of phenolic OH excluding ortho intramolecular Hbond substituents is 1. The molecule has 0 atom stereocenters. The molecule has 3 heteroatoms. The van der Waals surface area contributed by atoms with Gasteiger partial charge in [0.1, 0.15) is 18.1 Å². The van der Waals surface area contributed by atoms with Gasteiger partial charge in [0, 0.05) is 6.54 Å². The van der Waals surface area contributed by atoms with Gasteiger partial charge in [-0.05, 0) is 85.3 Å². The number of aromatic hydroxyl groups is 1. The second-order valence-electron chi connectivity index (χ2n) is 7.85. The second kappa shape index (κ2) is 9.11. The Morgan fingerprint density at radius 1 is 0.893 bits per heavy atom. The first kappa shape index (κ1) is 18.8. The van der Waals surface area contributed by atoms with Crippen LogP contribution < -0.4 is 4.74 Å². The first-order valence-electron chi connectivity index (χ1n) is 10.4. The highest BCUT2D eigenvalue weighted by molar-refractivity contribution is 5.82. The van der Waals surface area contributed by atoms with Crippen LogP contribution in [-0.2, 0) is 6.42 Å². The molecule has 28 heavy (non-hydrogen) atoms. The van der Waals surface area contributed by atoms with Gasteiger partial charge in [0.25, 0.3) is 0 Å². The predicted molar refractivity (Wildman–Crippen MR) is 115 cm³/mol. The van der Waals surface area contributed by atoms with Crippen molar-refractivity contribution in [2.24, 2.45) is 5.92 Å². The van der Waals surface area contributed by atoms with Crippen molar-refractivity contribution in [3.63, 3.8) is 0 Å². The number of hydrogen-bond donors (Lipinski definition) is 1. The zero-order valence-corrected chi connectivity index (χ0v) is 16.4. The van der Waals surface area contributed by atoms with Gasteiger partial charge >= 0.3 is 0 Å². The highest BCUT2D eigenvalue weighted by atomic mass is 16.5. The third kappa shape index (κ3) is 5.05. The molecular weight excluding hydrogens is 346 g/mol. The van der Waals surface area contributed by atoms with Gasteiger partial charge in [-0.1, -0.05) is 42.5 Å². The Balaban J connectivity index is 1.17. The van der Waals surface area contributed by atoms with Crippen LogP contribution >= 0.6 is 0 Å². The SMILES string of the molecule is Oc1ccc(OCCN2CCC(CCc3ccc4ccccc4c3)CC2)cc1. The molecule has 1 fully saturated rings. The fourth-order valence-corrected chi connectivity index (χ4v) is 4.10. The van der Waals surface area contributed by atoms with Gasteiger partial charge in [-0.3, -0.25) is 4.90 Å². The molecule has 0 aromatic heterocycles. The van der Waals surface area contributed by atoms with E-state index in [0.717, 1.165) is 18.2 Å². The minimum Gasteiger partial charge on any atom is -0.508 e. The lowest BCUT2D eigenvalue weighted by atomic mass is 9.90. The maximum atomic E-state index is 9.31. The van der Waals surface area contributed by atoms with Crippen LogP contribution in [0.1, 0.15) is 24.8 Å². The van der Waals surface area contributed by atoms with Gasteiger partial charge < -0.3 is 9.84 Å². The molecule has 3 nitrogen and oxygen atoms in total. The van der Waals surface area contributed by atoms with E-state index < -0.39 is 0 Å². The summed E-state index contributed by atoms with van der Waals surface area (Å²) in [5, 5.41) is 12.0. The smallest absolute Gasteiger partial charge is 0.119 e. The lowest BCUT2D eigenvalue weighted by Gasteiger charge is -2.31. The van der Waals surface area contributed by atoms with Crippen LogP contribution in [-0.4, -0.2) is 36.2 Å². The Hall–Kier alpha value is -2.52. The van der Waals surface area contributed by atoms with E-state index in [1.54, 1.807) is 12.1 Å². The number of rotatable bonds is 7. The maximum Gasteiger partial charge on any atom is 0.119 e. The minimum absolute atomic E-state index is 0.276. The average molecular weight is 376 g/mol. The molecule has 3 aromatic carbocycles. The molecule has 0 aliphatic carbocycles. The number of benzene rings is 3. The van der Waals surface area contributed by atoms with E-state index in [0.29, 0.717) is 6.61 Å². The van der Waals surface area contributed by atoms with Crippen LogP contribution in [0.15, 0.2) is 66.7 Å². The summed E-state index contributed by atoms with van der Waals surface area (Å²) in [6, 6.07) is 22.5. The number of likely N-dealkylation sites (tertiary alicyclic amines) is 1. The van der Waals surface area contributed by atoms with Crippen molar-refractivity contribution in [3.05, 3.63) is 72.3 Å². The molecule has 1 aliphatic heterocycles. The van der Waals surface area contributed by atoms with Crippen molar-refractivity contribution in [1.29, 1.82) is 0 Å². The quantitative estimate of drug-likeness (QED) is 0.611. The number of hydrogen-bond acceptors (Lipinski definition) is 3. The van der Waals surface area contributed by atoms with Crippen molar-refractivity contribution in [2.45, 2.75) is 25.7 Å². The summed E-state index contributed by atoms with van der Waals surface area (Å²) in [6.45, 7) is 4.01. The number of aryl methyl sites for hydroxylation is 1. The van der Waals surface area contributed by atoms with Crippen LogP contribution in [0.2, 0.25) is 0 Å². The third-order valence-electron chi connectivity index (χ3n) is 5.88. The normalized spacial score (nSPS) is 15.7. The topological polar surface area (TPSA) is 32.7 Å². The zero-order valence-electron chi connectivity index (χ0n) is 16.4. The van der Waals surface area contributed by atoms with Gasteiger partial charge in [0.05, 0.1) is 0 Å². The van der Waals surface area contributed by atoms with Gasteiger partial charge in [-0.2, -0.15) is 0 Å². The Labute approximate surface area is 167 Å². The summed E-state index contributed by atoms with van der Waals surface area (Å²) in [7, 11) is 0. The second-order valence-corrected chi connectivity index (χ2v) is 7.85. The highest BCUT2D eigenvalue weighted by Gasteiger charge is 2.18. The summed E-state index contributed by atoms with van der Waals surface area (Å²) in [4.78, 5) is 2.51. The Kier molecular flexibility index (Phi) is 6.13. The van der Waals surface area contributed by atoms with Crippen LogP contribution in [0.3, 0.4) is 0 Å². The molecule has 3 aromatic rings. The molecule has 146 valence electrons. The van der Waals surface area contributed by atoms with Crippen LogP contribution in [0.4, 0.5) is 0 Å². The first-order chi connectivity index (χ1) is 13.8. The standard InChI is InChI=1S/C25H29NO2/c27-24-9-11-25(12-10-24)28-18-17-26-15-13-20(14-16-26)5-6-21-7-8-22-3-1-2-4-23(22)19-21/h1-4,7-12,19-20,27H,5-6,13-18H2. The van der Waals surface area contributed by atoms with E-state index in [2.05, 4.69) is 47.4 Å². The van der Waals surface area contributed by atoms with Gasteiger partial charge in [-0.15, -0.1) is 0 Å². The summed E-state index contributed by atoms with van der Waals surface area (Å²) in [6.07, 6.45) is 5.04. The summed E-state index contributed by atoms with van der Waals surface area (Å²) < 4.78 is 5.78. The van der Waals surface area contributed by atoms with Crippen molar-refractivity contribution in [2.75, 3.05) is 26.2 Å². The average Bonchev–Trinajstić information content (AvgIpc) is 2.74. The zero-order chi connectivity index (χ0) is 19.2. The van der Waals surface area contributed by atoms with Crippen LogP contribution in [0.25, 0.3) is 10.8 Å². The molecule has 1 heterocycles. The Morgan fingerprint density at radius 3 is 2.43 bits per heavy atom. The van der Waals surface area contributed by atoms with E-state index in [9.17, 15) is 5.11 Å². The van der Waals surface area contributed by atoms with E-state index in [1.807, 2.05) is 12.1 Å². The van der Waals surface area contributed by atoms with E-state index in [4.69, 9.17) is 4.74 Å². The highest BCUT2D eigenvalue weighted by Crippen LogP contribution is 2.24. The number of ether oxygens (including phenoxy) is 1. The first-order valence-corrected chi connectivity index (χ1v) is 10.4. The van der Waals surface area contributed by atoms with E-state index >= 15 is 0 Å². The van der Waals surface area contributed by atoms with Crippen molar-refractivity contribution < 1.29 is 9.84 Å². The molecule has 1 aliphatic rings. The molecule has 0 unspecified atom stereocenters. The fraction of sp³-hybridized carbons (Fsp3) is 0.360. The molecule has 1 saturated heterocycles. The number of fused-ring (bicyclic) bond motifs is 1. The Morgan fingerprint density at radius 2 is 1.64 bits per heavy atom. The van der Waals surface area contributed by atoms with Gasteiger partial charge in [0.2, 0.25) is 0 Å². The molecule has 0 radical (unpaired) electrons. The number of phenols is 1. The molecular formula is C25H29NO2. The van der Waals surface area contributed by atoms with E-state index in [-0.39, 0.29) is 5.75 Å². The van der Waals surface area contributed by atoms with Crippen molar-refractivity contribution in [3.8, 4) is 11.5 Å². The summed E-state index contributed by atoms with van der Waals surface area (Å²) >= 11 is 0.